The van der Waals surface area contributed by atoms with Gasteiger partial charge < -0.3 is 10.1 Å². The number of hydrogen-bond acceptors (Lipinski definition) is 7. The van der Waals surface area contributed by atoms with Gasteiger partial charge in [-0.1, -0.05) is 31.4 Å². The second-order valence-corrected chi connectivity index (χ2v) is 11.1. The highest BCUT2D eigenvalue weighted by Gasteiger charge is 2.38. The summed E-state index contributed by atoms with van der Waals surface area (Å²) in [5.74, 6) is -2.76. The molecule has 1 aliphatic carbocycles. The normalized spacial score (nSPS) is 15.1. The van der Waals surface area contributed by atoms with Crippen LogP contribution in [0.5, 0.6) is 0 Å². The van der Waals surface area contributed by atoms with Crippen LogP contribution in [0.25, 0.3) is 22.3 Å². The summed E-state index contributed by atoms with van der Waals surface area (Å²) in [7, 11) is -3.65. The van der Waals surface area contributed by atoms with Gasteiger partial charge in [-0.3, -0.25) is 4.68 Å². The number of nitrogens with zero attached hydrogens (tertiary/aromatic N) is 5. The van der Waals surface area contributed by atoms with E-state index in [0.717, 1.165) is 54.4 Å². The molecule has 0 radical (unpaired) electrons. The Morgan fingerprint density at radius 3 is 2.63 bits per heavy atom. The molecule has 1 fully saturated rings. The smallest absolute Gasteiger partial charge is 0.475 e. The van der Waals surface area contributed by atoms with Crippen LogP contribution in [0.15, 0.2) is 60.1 Å². The molecule has 1 aliphatic rings. The third kappa shape index (κ3) is 7.27. The van der Waals surface area contributed by atoms with Gasteiger partial charge in [0.05, 0.1) is 35.3 Å². The Morgan fingerprint density at radius 2 is 1.95 bits per heavy atom. The Bertz CT molecular complexity index is 1650. The van der Waals surface area contributed by atoms with Crippen LogP contribution >= 0.6 is 0 Å². The summed E-state index contributed by atoms with van der Waals surface area (Å²) in [6.45, 7) is 0. The fraction of sp³-hybridized carbons (Fsp3) is 0.346. The maximum Gasteiger partial charge on any atom is 0.490 e. The van der Waals surface area contributed by atoms with Gasteiger partial charge in [-0.15, -0.1) is 0 Å². The summed E-state index contributed by atoms with van der Waals surface area (Å²) in [6, 6.07) is 10.4. The molecule has 0 amide bonds. The van der Waals surface area contributed by atoms with Gasteiger partial charge in [0.25, 0.3) is 0 Å². The van der Waals surface area contributed by atoms with Crippen molar-refractivity contribution in [2.45, 2.75) is 61.7 Å². The Hall–Kier alpha value is -4.29. The molecule has 0 saturated heterocycles. The van der Waals surface area contributed by atoms with Crippen molar-refractivity contribution < 1.29 is 31.5 Å². The number of H-pyrrole nitrogens is 1. The zero-order valence-electron chi connectivity index (χ0n) is 21.5. The number of sulfonamides is 1. The van der Waals surface area contributed by atoms with Crippen LogP contribution in [0, 0.1) is 11.3 Å². The van der Waals surface area contributed by atoms with Crippen LogP contribution in [0.1, 0.15) is 50.1 Å². The van der Waals surface area contributed by atoms with E-state index in [1.165, 1.54) is 6.33 Å². The van der Waals surface area contributed by atoms with E-state index in [1.54, 1.807) is 35.3 Å². The minimum Gasteiger partial charge on any atom is -0.475 e. The highest BCUT2D eigenvalue weighted by molar-refractivity contribution is 7.89. The number of aliphatic carboxylic acids is 1. The maximum absolute atomic E-state index is 13.0. The van der Waals surface area contributed by atoms with Crippen molar-refractivity contribution in [1.29, 1.82) is 5.26 Å². The van der Waals surface area contributed by atoms with E-state index < -0.39 is 28.2 Å². The minimum atomic E-state index is -5.08. The topological polar surface area (TPSA) is 167 Å². The summed E-state index contributed by atoms with van der Waals surface area (Å²) >= 11 is 0. The Morgan fingerprint density at radius 1 is 1.22 bits per heavy atom. The molecule has 15 heteroatoms. The number of aromatic amines is 1. The first-order valence-electron chi connectivity index (χ1n) is 12.6. The lowest BCUT2D eigenvalue weighted by Crippen LogP contribution is -2.36. The van der Waals surface area contributed by atoms with Crippen molar-refractivity contribution in [3.8, 4) is 17.3 Å². The molecular formula is C26H26F3N7O4S. The second kappa shape index (κ2) is 12.5. The third-order valence-electron chi connectivity index (χ3n) is 6.56. The summed E-state index contributed by atoms with van der Waals surface area (Å²) < 4.78 is 62.4. The third-order valence-corrected chi connectivity index (χ3v) is 8.07. The number of benzene rings is 1. The average molecular weight is 590 g/mol. The van der Waals surface area contributed by atoms with Crippen molar-refractivity contribution in [3.63, 3.8) is 0 Å². The van der Waals surface area contributed by atoms with Crippen LogP contribution in [0.4, 0.5) is 13.2 Å². The molecule has 1 unspecified atom stereocenters. The van der Waals surface area contributed by atoms with Crippen molar-refractivity contribution in [2.24, 2.45) is 0 Å². The number of carboxylic acids is 1. The zero-order chi connectivity index (χ0) is 29.6. The number of carbonyl (C=O) groups is 1. The molecule has 41 heavy (non-hydrogen) atoms. The van der Waals surface area contributed by atoms with Crippen LogP contribution < -0.4 is 4.72 Å². The molecule has 1 atom stereocenters. The number of nitrogens with one attached hydrogen (secondary N) is 2. The number of carboxylic acid groups (broad SMARTS) is 1. The van der Waals surface area contributed by atoms with Gasteiger partial charge in [0.2, 0.25) is 10.0 Å². The molecule has 1 saturated carbocycles. The predicted octanol–water partition coefficient (Wildman–Crippen LogP) is 4.57. The second-order valence-electron chi connectivity index (χ2n) is 9.38. The average Bonchev–Trinajstić information content (AvgIpc) is 3.62. The summed E-state index contributed by atoms with van der Waals surface area (Å²) in [5, 5.41) is 22.0. The quantitative estimate of drug-likeness (QED) is 0.282. The minimum absolute atomic E-state index is 0.0240. The van der Waals surface area contributed by atoms with E-state index in [-0.39, 0.29) is 17.4 Å². The molecule has 5 rings (SSSR count). The van der Waals surface area contributed by atoms with Crippen molar-refractivity contribution >= 4 is 27.0 Å². The summed E-state index contributed by atoms with van der Waals surface area (Å²) in [6.07, 6.45) is 6.85. The highest BCUT2D eigenvalue weighted by atomic mass is 32.2. The van der Waals surface area contributed by atoms with Gasteiger partial charge in [0, 0.05) is 29.4 Å². The standard InChI is InChI=1S/C24H25N7O2S.C2HF3O2/c25-11-9-22(31-15-18(14-29-31)23-21-10-12-26-24(21)28-16-27-23)17-5-4-8-20(13-17)34(32,33)30-19-6-2-1-3-7-19;3-2(4,5)1(6)7/h4-5,8,10,12-16,19,22,30H,1-3,6-7,9H2,(H,26,27,28);(H,6,7). The molecule has 1 aromatic carbocycles. The lowest BCUT2D eigenvalue weighted by Gasteiger charge is -2.23. The number of fused-ring (bicyclic) bond motifs is 1. The van der Waals surface area contributed by atoms with E-state index in [0.29, 0.717) is 5.56 Å². The van der Waals surface area contributed by atoms with Crippen LogP contribution in [-0.4, -0.2) is 56.4 Å². The number of aromatic nitrogens is 5. The van der Waals surface area contributed by atoms with E-state index in [1.807, 2.05) is 18.3 Å². The number of rotatable bonds is 7. The van der Waals surface area contributed by atoms with Crippen molar-refractivity contribution in [3.05, 3.63) is 60.8 Å². The van der Waals surface area contributed by atoms with Crippen molar-refractivity contribution in [2.75, 3.05) is 0 Å². The molecule has 3 heterocycles. The molecule has 11 nitrogen and oxygen atoms in total. The first-order chi connectivity index (χ1) is 19.5. The molecule has 3 N–H and O–H groups in total. The fourth-order valence-electron chi connectivity index (χ4n) is 4.58. The fourth-order valence-corrected chi connectivity index (χ4v) is 5.94. The first kappa shape index (κ1) is 29.7. The molecule has 3 aromatic heterocycles. The van der Waals surface area contributed by atoms with Crippen molar-refractivity contribution in [1.82, 2.24) is 29.5 Å². The van der Waals surface area contributed by atoms with Gasteiger partial charge in [0.1, 0.15) is 12.0 Å². The van der Waals surface area contributed by atoms with Crippen LogP contribution in [0.2, 0.25) is 0 Å². The lowest BCUT2D eigenvalue weighted by atomic mass is 9.96. The summed E-state index contributed by atoms with van der Waals surface area (Å²) in [4.78, 5) is 20.8. The van der Waals surface area contributed by atoms with Gasteiger partial charge in [-0.2, -0.15) is 23.5 Å². The maximum atomic E-state index is 13.0. The molecular weight excluding hydrogens is 563 g/mol. The van der Waals surface area contributed by atoms with Gasteiger partial charge in [-0.25, -0.2) is 27.9 Å². The van der Waals surface area contributed by atoms with Gasteiger partial charge >= 0.3 is 12.1 Å². The molecule has 0 spiro atoms. The molecule has 4 aromatic rings. The Labute approximate surface area is 233 Å². The zero-order valence-corrected chi connectivity index (χ0v) is 22.4. The largest absolute Gasteiger partial charge is 0.490 e. The Balaban J connectivity index is 0.000000493. The predicted molar refractivity (Wildman–Crippen MR) is 141 cm³/mol. The van der Waals surface area contributed by atoms with E-state index in [9.17, 15) is 26.9 Å². The number of nitriles is 1. The van der Waals surface area contributed by atoms with Gasteiger partial charge in [0.15, 0.2) is 0 Å². The Kier molecular flexibility index (Phi) is 9.04. The number of hydrogen-bond donors (Lipinski definition) is 3. The molecule has 0 bridgehead atoms. The monoisotopic (exact) mass is 589 g/mol. The van der Waals surface area contributed by atoms with E-state index in [4.69, 9.17) is 9.90 Å². The highest BCUT2D eigenvalue weighted by Crippen LogP contribution is 2.29. The van der Waals surface area contributed by atoms with E-state index >= 15 is 0 Å². The SMILES string of the molecule is N#CCC(c1cccc(S(=O)(=O)NC2CCCCC2)c1)n1cc(-c2ncnc3[nH]ccc23)cn1.O=C(O)C(F)(F)F. The first-order valence-corrected chi connectivity index (χ1v) is 14.1. The molecule has 216 valence electrons. The van der Waals surface area contributed by atoms with E-state index in [2.05, 4.69) is 30.8 Å². The molecule has 0 aliphatic heterocycles. The van der Waals surface area contributed by atoms with Gasteiger partial charge in [-0.05, 0) is 36.6 Å². The summed E-state index contributed by atoms with van der Waals surface area (Å²) in [5.41, 5.74) is 2.96. The number of halogens is 3. The van der Waals surface area contributed by atoms with Crippen LogP contribution in [0.3, 0.4) is 0 Å². The number of alkyl halides is 3. The van der Waals surface area contributed by atoms with Crippen LogP contribution in [-0.2, 0) is 14.8 Å². The lowest BCUT2D eigenvalue weighted by molar-refractivity contribution is -0.192.